The van der Waals surface area contributed by atoms with Gasteiger partial charge in [0.25, 0.3) is 0 Å². The molecule has 0 amide bonds. The first kappa shape index (κ1) is 8.77. The van der Waals surface area contributed by atoms with Crippen LogP contribution in [0.25, 0.3) is 10.7 Å². The molecule has 0 aliphatic carbocycles. The molecule has 0 spiro atoms. The number of fused-ring (bicyclic) bond motifs is 1. The molecule has 0 fully saturated rings. The molecule has 1 heterocycles. The van der Waals surface area contributed by atoms with Crippen molar-refractivity contribution in [2.75, 3.05) is 0 Å². The van der Waals surface area contributed by atoms with E-state index in [4.69, 9.17) is 4.42 Å². The van der Waals surface area contributed by atoms with Crippen LogP contribution in [0.5, 0.6) is 0 Å². The lowest BCUT2D eigenvalue weighted by molar-refractivity contribution is 0.444. The Morgan fingerprint density at radius 1 is 1.15 bits per heavy atom. The largest absolute Gasteiger partial charge is 0.455 e. The summed E-state index contributed by atoms with van der Waals surface area (Å²) in [5.74, 6) is 0. The van der Waals surface area contributed by atoms with Crippen LogP contribution in [-0.4, -0.2) is 0 Å². The second kappa shape index (κ2) is 2.85. The van der Waals surface area contributed by atoms with Crippen LogP contribution in [0.2, 0.25) is 0 Å². The van der Waals surface area contributed by atoms with Gasteiger partial charge in [0, 0.05) is 10.5 Å². The van der Waals surface area contributed by atoms with Crippen LogP contribution in [-0.2, 0) is 5.41 Å². The lowest BCUT2D eigenvalue weighted by atomic mass is 9.99. The molecule has 2 heteroatoms. The smallest absolute Gasteiger partial charge is 0.139 e. The van der Waals surface area contributed by atoms with Gasteiger partial charge in [0.2, 0.25) is 0 Å². The minimum Gasteiger partial charge on any atom is -0.455 e. The second-order valence-electron chi connectivity index (χ2n) is 4.24. The Hall–Kier alpha value is -0.810. The van der Waals surface area contributed by atoms with E-state index in [1.165, 1.54) is 13.3 Å². The van der Waals surface area contributed by atoms with E-state index in [-0.39, 0.29) is 5.41 Å². The van der Waals surface area contributed by atoms with Crippen molar-refractivity contribution >= 4 is 18.9 Å². The maximum absolute atomic E-state index is 5.78. The van der Waals surface area contributed by atoms with Crippen molar-refractivity contribution in [3.63, 3.8) is 0 Å². The molecule has 1 aromatic carbocycles. The predicted molar refractivity (Wildman–Crippen MR) is 57.4 cm³/mol. The average molecular weight is 192 g/mol. The third kappa shape index (κ3) is 1.62. The molecule has 0 aliphatic heterocycles. The Bertz CT molecular complexity index is 390. The first-order valence-electron chi connectivity index (χ1n) is 4.43. The van der Waals surface area contributed by atoms with Crippen LogP contribution >= 0.6 is 8.19 Å². The van der Waals surface area contributed by atoms with Crippen LogP contribution in [0.4, 0.5) is 0 Å². The molecule has 68 valence electrons. The summed E-state index contributed by atoms with van der Waals surface area (Å²) in [6, 6.07) is 8.22. The third-order valence-electron chi connectivity index (χ3n) is 1.94. The zero-order valence-corrected chi connectivity index (χ0v) is 9.06. The van der Waals surface area contributed by atoms with Gasteiger partial charge in [-0.25, -0.2) is 0 Å². The predicted octanol–water partition coefficient (Wildman–Crippen LogP) is 4.31. The van der Waals surface area contributed by atoms with E-state index >= 15 is 0 Å². The van der Waals surface area contributed by atoms with Crippen molar-refractivity contribution in [2.24, 2.45) is 0 Å². The molecule has 0 radical (unpaired) electrons. The lowest BCUT2D eigenvalue weighted by Gasteiger charge is -2.12. The quantitative estimate of drug-likeness (QED) is 0.606. The monoisotopic (exact) mass is 192 g/mol. The van der Waals surface area contributed by atoms with Crippen LogP contribution < -0.4 is 0 Å². The van der Waals surface area contributed by atoms with Gasteiger partial charge in [-0.1, -0.05) is 32.9 Å². The maximum Gasteiger partial charge on any atom is 0.139 e. The average Bonchev–Trinajstić information content (AvgIpc) is 2.45. The molecule has 0 N–H and O–H groups in total. The number of hydrogen-bond acceptors (Lipinski definition) is 1. The third-order valence-corrected chi connectivity index (χ3v) is 3.51. The fraction of sp³-hybridized carbons (Fsp3) is 0.364. The lowest BCUT2D eigenvalue weighted by Crippen LogP contribution is -2.07. The molecular weight excluding hydrogens is 179 g/mol. The zero-order valence-electron chi connectivity index (χ0n) is 8.16. The van der Waals surface area contributed by atoms with Crippen molar-refractivity contribution in [1.29, 1.82) is 0 Å². The molecule has 0 unspecified atom stereocenters. The van der Waals surface area contributed by atoms with Crippen molar-refractivity contribution < 1.29 is 4.42 Å². The number of hydrogen-bond donors (Lipinski definition) is 0. The molecule has 0 atom stereocenters. The minimum atomic E-state index is 0.139. The van der Waals surface area contributed by atoms with Gasteiger partial charge in [-0.15, -0.1) is 0 Å². The highest BCUT2D eigenvalue weighted by Gasteiger charge is 2.19. The first-order chi connectivity index (χ1) is 6.07. The van der Waals surface area contributed by atoms with Crippen LogP contribution in [0, 0.1) is 0 Å². The minimum absolute atomic E-state index is 0.139. The molecule has 1 nitrogen and oxygen atoms in total. The molecule has 2 rings (SSSR count). The topological polar surface area (TPSA) is 13.1 Å². The Kier molecular flexibility index (Phi) is 1.92. The zero-order chi connectivity index (χ0) is 9.47. The fourth-order valence-corrected chi connectivity index (χ4v) is 2.28. The van der Waals surface area contributed by atoms with Gasteiger partial charge in [0.05, 0.1) is 0 Å². The highest BCUT2D eigenvalue weighted by Crippen LogP contribution is 2.37. The van der Waals surface area contributed by atoms with E-state index in [9.17, 15) is 0 Å². The molecule has 2 aromatic rings. The van der Waals surface area contributed by atoms with Crippen molar-refractivity contribution in [2.45, 2.75) is 26.2 Å². The SMILES string of the molecule is CC(C)(C)c1oc2ccccc2p1. The number of para-hydroxylation sites is 1. The molecule has 1 aromatic heterocycles. The van der Waals surface area contributed by atoms with Crippen molar-refractivity contribution in [3.8, 4) is 0 Å². The Balaban J connectivity index is 2.63. The van der Waals surface area contributed by atoms with E-state index in [0.717, 1.165) is 11.1 Å². The van der Waals surface area contributed by atoms with Crippen LogP contribution in [0.15, 0.2) is 28.7 Å². The van der Waals surface area contributed by atoms with Crippen molar-refractivity contribution in [3.05, 3.63) is 29.8 Å². The van der Waals surface area contributed by atoms with Gasteiger partial charge in [-0.2, -0.15) is 0 Å². The second-order valence-corrected chi connectivity index (χ2v) is 5.35. The van der Waals surface area contributed by atoms with Gasteiger partial charge in [0.15, 0.2) is 0 Å². The molecule has 0 aliphatic rings. The maximum atomic E-state index is 5.78. The van der Waals surface area contributed by atoms with Crippen LogP contribution in [0.3, 0.4) is 0 Å². The Morgan fingerprint density at radius 2 is 1.85 bits per heavy atom. The number of benzene rings is 1. The molecule has 0 saturated carbocycles. The standard InChI is InChI=1S/C11H13OP/c1-11(2,3)10-12-8-6-4-5-7-9(8)13-10/h4-7H,1-3H3. The Labute approximate surface area is 79.9 Å². The van der Waals surface area contributed by atoms with Crippen LogP contribution in [0.1, 0.15) is 26.3 Å². The summed E-state index contributed by atoms with van der Waals surface area (Å²) in [4.78, 5) is 0. The highest BCUT2D eigenvalue weighted by atomic mass is 31.0. The Morgan fingerprint density at radius 3 is 2.46 bits per heavy atom. The van der Waals surface area contributed by atoms with E-state index in [2.05, 4.69) is 32.9 Å². The summed E-state index contributed by atoms with van der Waals surface area (Å²) in [6.07, 6.45) is 0. The summed E-state index contributed by atoms with van der Waals surface area (Å²) in [7, 11) is 1.23. The molecule has 13 heavy (non-hydrogen) atoms. The molecule has 0 bridgehead atoms. The molecular formula is C11H13OP. The highest BCUT2D eigenvalue weighted by molar-refractivity contribution is 7.37. The van der Waals surface area contributed by atoms with E-state index < -0.39 is 0 Å². The van der Waals surface area contributed by atoms with Gasteiger partial charge >= 0.3 is 0 Å². The summed E-state index contributed by atoms with van der Waals surface area (Å²) in [5, 5.41) is 1.28. The summed E-state index contributed by atoms with van der Waals surface area (Å²) >= 11 is 0. The normalized spacial score (nSPS) is 12.8. The summed E-state index contributed by atoms with van der Waals surface area (Å²) < 4.78 is 5.78. The first-order valence-corrected chi connectivity index (χ1v) is 5.33. The van der Waals surface area contributed by atoms with E-state index in [1.807, 2.05) is 12.1 Å². The van der Waals surface area contributed by atoms with Gasteiger partial charge < -0.3 is 4.42 Å². The van der Waals surface area contributed by atoms with Gasteiger partial charge in [0.1, 0.15) is 11.1 Å². The van der Waals surface area contributed by atoms with E-state index in [1.54, 1.807) is 0 Å². The van der Waals surface area contributed by atoms with Crippen molar-refractivity contribution in [1.82, 2.24) is 0 Å². The summed E-state index contributed by atoms with van der Waals surface area (Å²) in [5.41, 5.74) is 2.31. The van der Waals surface area contributed by atoms with E-state index in [0.29, 0.717) is 0 Å². The van der Waals surface area contributed by atoms with Gasteiger partial charge in [-0.3, -0.25) is 0 Å². The fourth-order valence-electron chi connectivity index (χ4n) is 1.19. The molecule has 0 saturated heterocycles. The summed E-state index contributed by atoms with van der Waals surface area (Å²) in [6.45, 7) is 6.55. The number of rotatable bonds is 0. The van der Waals surface area contributed by atoms with Gasteiger partial charge in [-0.05, 0) is 20.3 Å².